The highest BCUT2D eigenvalue weighted by Gasteiger charge is 2.37. The number of furan rings is 1. The first-order valence-electron chi connectivity index (χ1n) is 12.5. The van der Waals surface area contributed by atoms with Gasteiger partial charge in [-0.1, -0.05) is 81.8 Å². The van der Waals surface area contributed by atoms with E-state index in [1.165, 1.54) is 27.6 Å². The van der Waals surface area contributed by atoms with E-state index < -0.39 is 0 Å². The predicted molar refractivity (Wildman–Crippen MR) is 151 cm³/mol. The monoisotopic (exact) mass is 478 g/mol. The zero-order chi connectivity index (χ0) is 26.0. The highest BCUT2D eigenvalue weighted by molar-refractivity contribution is 6.15. The summed E-state index contributed by atoms with van der Waals surface area (Å²) in [5.74, 6) is 0. The lowest BCUT2D eigenvalue weighted by Gasteiger charge is -2.22. The van der Waals surface area contributed by atoms with Crippen molar-refractivity contribution >= 4 is 28.2 Å². The van der Waals surface area contributed by atoms with E-state index in [0.717, 1.165) is 45.1 Å². The molecular weight excluding hydrogens is 444 g/mol. The van der Waals surface area contributed by atoms with Gasteiger partial charge >= 0.3 is 0 Å². The van der Waals surface area contributed by atoms with Gasteiger partial charge in [0.15, 0.2) is 6.29 Å². The minimum Gasteiger partial charge on any atom is -0.456 e. The van der Waals surface area contributed by atoms with Gasteiger partial charge in [0, 0.05) is 36.0 Å². The van der Waals surface area contributed by atoms with E-state index in [1.807, 2.05) is 39.0 Å². The third-order valence-electron chi connectivity index (χ3n) is 6.82. The van der Waals surface area contributed by atoms with E-state index in [4.69, 9.17) is 4.42 Å². The molecule has 6 rings (SSSR count). The molecule has 0 fully saturated rings. The summed E-state index contributed by atoms with van der Waals surface area (Å²) in [6.07, 6.45) is 0.955. The van der Waals surface area contributed by atoms with E-state index in [2.05, 4.69) is 73.2 Å². The fraction of sp³-hybridized carbons (Fsp3) is 0.242. The van der Waals surface area contributed by atoms with Crippen LogP contribution in [0.1, 0.15) is 54.7 Å². The molecule has 1 aliphatic rings. The number of methoxy groups -OCH3 is 1. The molecule has 1 aromatic heterocycles. The zero-order valence-electron chi connectivity index (χ0n) is 22.2. The summed E-state index contributed by atoms with van der Waals surface area (Å²) in [5, 5.41) is 2.35. The number of hydrogen-bond donors (Lipinski definition) is 0. The second-order valence-electron chi connectivity index (χ2n) is 9.46. The van der Waals surface area contributed by atoms with Crippen LogP contribution in [0.4, 0.5) is 0 Å². The van der Waals surface area contributed by atoms with Crippen molar-refractivity contribution in [2.45, 2.75) is 40.0 Å². The number of ether oxygens (including phenoxy) is 1. The maximum Gasteiger partial charge on any atom is 0.150 e. The standard InChI is InChI=1S/C29H22O2.C2H6O.C2H6/c1-17-8-10-20(19(14-17)16-30)18-9-11-21-24(15-18)29(2,3)23-12-13-26-28(27(21)23)22-6-4-5-7-25(22)31-26;1-3-2;1-2/h4-16H,1-3H3;1-2H3;1-2H3. The molecule has 0 spiro atoms. The molecule has 5 aromatic rings. The Labute approximate surface area is 213 Å². The number of benzene rings is 4. The smallest absolute Gasteiger partial charge is 0.150 e. The maximum atomic E-state index is 11.7. The van der Waals surface area contributed by atoms with Crippen LogP contribution in [-0.4, -0.2) is 20.5 Å². The Bertz CT molecular complexity index is 1550. The van der Waals surface area contributed by atoms with Crippen molar-refractivity contribution in [3.05, 3.63) is 95.1 Å². The molecule has 0 unspecified atom stereocenters. The molecular formula is C33H34O3. The lowest BCUT2D eigenvalue weighted by molar-refractivity contribution is 0.112. The molecule has 0 aliphatic heterocycles. The largest absolute Gasteiger partial charge is 0.456 e. The van der Waals surface area contributed by atoms with E-state index in [1.54, 1.807) is 14.2 Å². The first-order chi connectivity index (χ1) is 17.4. The molecule has 36 heavy (non-hydrogen) atoms. The molecule has 3 heteroatoms. The van der Waals surface area contributed by atoms with Gasteiger partial charge in [-0.15, -0.1) is 0 Å². The highest BCUT2D eigenvalue weighted by Crippen LogP contribution is 2.53. The number of aryl methyl sites for hydroxylation is 1. The van der Waals surface area contributed by atoms with E-state index in [-0.39, 0.29) is 5.41 Å². The molecule has 3 nitrogen and oxygen atoms in total. The van der Waals surface area contributed by atoms with Crippen molar-refractivity contribution in [2.24, 2.45) is 0 Å². The number of para-hydroxylation sites is 1. The van der Waals surface area contributed by atoms with Gasteiger partial charge in [-0.2, -0.15) is 0 Å². The lowest BCUT2D eigenvalue weighted by atomic mass is 9.81. The summed E-state index contributed by atoms with van der Waals surface area (Å²) in [5.41, 5.74) is 10.7. The van der Waals surface area contributed by atoms with Crippen LogP contribution >= 0.6 is 0 Å². The minimum atomic E-state index is -0.140. The van der Waals surface area contributed by atoms with Crippen LogP contribution in [0.2, 0.25) is 0 Å². The highest BCUT2D eigenvalue weighted by atomic mass is 16.4. The van der Waals surface area contributed by atoms with Crippen molar-refractivity contribution in [2.75, 3.05) is 14.2 Å². The van der Waals surface area contributed by atoms with Gasteiger partial charge in [-0.25, -0.2) is 0 Å². The van der Waals surface area contributed by atoms with Crippen molar-refractivity contribution in [1.29, 1.82) is 0 Å². The molecule has 0 bridgehead atoms. The van der Waals surface area contributed by atoms with Crippen molar-refractivity contribution in [3.63, 3.8) is 0 Å². The van der Waals surface area contributed by atoms with Crippen LogP contribution in [0.15, 0.2) is 77.2 Å². The SMILES string of the molecule is CC.COC.Cc1ccc(-c2ccc3c(c2)C(C)(C)c2ccc4oc5ccccc5c4c2-3)c(C=O)c1. The van der Waals surface area contributed by atoms with Crippen molar-refractivity contribution in [3.8, 4) is 22.3 Å². The molecule has 1 aliphatic carbocycles. The van der Waals surface area contributed by atoms with Gasteiger partial charge in [-0.05, 0) is 64.6 Å². The van der Waals surface area contributed by atoms with Crippen molar-refractivity contribution in [1.82, 2.24) is 0 Å². The molecule has 0 atom stereocenters. The molecule has 0 radical (unpaired) electrons. The number of carbonyl (C=O) groups is 1. The van der Waals surface area contributed by atoms with Crippen LogP contribution in [0, 0.1) is 6.92 Å². The predicted octanol–water partition coefficient (Wildman–Crippen LogP) is 8.97. The Morgan fingerprint density at radius 2 is 1.50 bits per heavy atom. The Morgan fingerprint density at radius 3 is 2.22 bits per heavy atom. The van der Waals surface area contributed by atoms with Gasteiger partial charge in [0.1, 0.15) is 11.2 Å². The second-order valence-corrected chi connectivity index (χ2v) is 9.46. The second kappa shape index (κ2) is 10.1. The summed E-state index contributed by atoms with van der Waals surface area (Å²) >= 11 is 0. The molecule has 4 aromatic carbocycles. The van der Waals surface area contributed by atoms with E-state index in [0.29, 0.717) is 0 Å². The van der Waals surface area contributed by atoms with E-state index in [9.17, 15) is 4.79 Å². The third kappa shape index (κ3) is 4.04. The van der Waals surface area contributed by atoms with Gasteiger partial charge in [0.2, 0.25) is 0 Å². The molecule has 0 N–H and O–H groups in total. The van der Waals surface area contributed by atoms with Crippen LogP contribution < -0.4 is 0 Å². The van der Waals surface area contributed by atoms with Gasteiger partial charge in [0.05, 0.1) is 0 Å². The van der Waals surface area contributed by atoms with Crippen LogP contribution in [0.5, 0.6) is 0 Å². The van der Waals surface area contributed by atoms with Gasteiger partial charge < -0.3 is 9.15 Å². The summed E-state index contributed by atoms with van der Waals surface area (Å²) in [4.78, 5) is 11.7. The Morgan fingerprint density at radius 1 is 0.806 bits per heavy atom. The fourth-order valence-corrected chi connectivity index (χ4v) is 5.25. The number of carbonyl (C=O) groups excluding carboxylic acids is 1. The molecule has 184 valence electrons. The molecule has 1 heterocycles. The van der Waals surface area contributed by atoms with Gasteiger partial charge in [-0.3, -0.25) is 4.79 Å². The third-order valence-corrected chi connectivity index (χ3v) is 6.82. The normalized spacial score (nSPS) is 12.8. The lowest BCUT2D eigenvalue weighted by Crippen LogP contribution is -2.15. The van der Waals surface area contributed by atoms with Crippen LogP contribution in [0.3, 0.4) is 0 Å². The molecule has 0 saturated carbocycles. The number of hydrogen-bond acceptors (Lipinski definition) is 3. The van der Waals surface area contributed by atoms with E-state index >= 15 is 0 Å². The number of aldehydes is 1. The summed E-state index contributed by atoms with van der Waals surface area (Å²) in [6.45, 7) is 10.6. The zero-order valence-corrected chi connectivity index (χ0v) is 22.2. The van der Waals surface area contributed by atoms with Crippen LogP contribution in [0.25, 0.3) is 44.2 Å². The Hall–Kier alpha value is -3.69. The minimum absolute atomic E-state index is 0.140. The average molecular weight is 479 g/mol. The van der Waals surface area contributed by atoms with Crippen LogP contribution in [-0.2, 0) is 10.2 Å². The Kier molecular flexibility index (Phi) is 7.14. The fourth-order valence-electron chi connectivity index (χ4n) is 5.25. The molecule has 0 amide bonds. The summed E-state index contributed by atoms with van der Waals surface area (Å²) in [6, 6.07) is 25.3. The van der Waals surface area contributed by atoms with Crippen molar-refractivity contribution < 1.29 is 13.9 Å². The number of fused-ring (bicyclic) bond motifs is 7. The summed E-state index contributed by atoms with van der Waals surface area (Å²) < 4.78 is 10.4. The van der Waals surface area contributed by atoms with Gasteiger partial charge in [0.25, 0.3) is 0 Å². The molecule has 0 saturated heterocycles. The first kappa shape index (κ1) is 25.4. The maximum absolute atomic E-state index is 11.7. The topological polar surface area (TPSA) is 39.4 Å². The Balaban J connectivity index is 0.000000569. The quantitative estimate of drug-likeness (QED) is 0.238. The number of rotatable bonds is 2. The first-order valence-corrected chi connectivity index (χ1v) is 12.5. The summed E-state index contributed by atoms with van der Waals surface area (Å²) in [7, 11) is 3.25. The average Bonchev–Trinajstić information content (AvgIpc) is 3.38.